The first kappa shape index (κ1) is 7.66. The third-order valence-corrected chi connectivity index (χ3v) is 1.19. The van der Waals surface area contributed by atoms with E-state index in [1.54, 1.807) is 0 Å². The van der Waals surface area contributed by atoms with Crippen molar-refractivity contribution in [3.63, 3.8) is 0 Å². The summed E-state index contributed by atoms with van der Waals surface area (Å²) in [6, 6.07) is 0. The molecule has 0 fully saturated rings. The van der Waals surface area contributed by atoms with Gasteiger partial charge < -0.3 is 0 Å². The lowest BCUT2D eigenvalue weighted by Crippen LogP contribution is -2.02. The summed E-state index contributed by atoms with van der Waals surface area (Å²) in [5, 5.41) is 0. The van der Waals surface area contributed by atoms with E-state index >= 15 is 0 Å². The van der Waals surface area contributed by atoms with Gasteiger partial charge in [-0.05, 0) is 4.57 Å². The van der Waals surface area contributed by atoms with Gasteiger partial charge >= 0.3 is 13.7 Å². The molecule has 0 spiro atoms. The van der Waals surface area contributed by atoms with Crippen LogP contribution in [0.5, 0.6) is 0 Å². The maximum atomic E-state index is 11.6. The van der Waals surface area contributed by atoms with Crippen LogP contribution in [0.25, 0.3) is 0 Å². The molecule has 5 heteroatoms. The Bertz CT molecular complexity index is 122. The van der Waals surface area contributed by atoms with Crippen molar-refractivity contribution in [2.75, 3.05) is 0 Å². The summed E-state index contributed by atoms with van der Waals surface area (Å²) in [6.45, 7) is 2.66. The van der Waals surface area contributed by atoms with E-state index in [4.69, 9.17) is 4.89 Å². The van der Waals surface area contributed by atoms with Crippen LogP contribution in [0.4, 0.5) is 8.78 Å². The molecular weight excluding hydrogens is 137 g/mol. The van der Waals surface area contributed by atoms with Crippen LogP contribution in [0.2, 0.25) is 0 Å². The minimum absolute atomic E-state index is 0.145. The van der Waals surface area contributed by atoms with Crippen molar-refractivity contribution >= 4 is 8.03 Å². The molecule has 8 heavy (non-hydrogen) atoms. The topological polar surface area (TPSA) is 37.3 Å². The predicted molar refractivity (Wildman–Crippen MR) is 25.0 cm³/mol. The summed E-state index contributed by atoms with van der Waals surface area (Å²) in [5.74, 6) is 0. The zero-order chi connectivity index (χ0) is 6.78. The van der Waals surface area contributed by atoms with Crippen LogP contribution in [0.1, 0.15) is 0 Å². The molecule has 0 aromatic rings. The van der Waals surface area contributed by atoms with E-state index in [-0.39, 0.29) is 6.08 Å². The zero-order valence-electron chi connectivity index (χ0n) is 3.84. The van der Waals surface area contributed by atoms with E-state index in [9.17, 15) is 13.3 Å². The van der Waals surface area contributed by atoms with Gasteiger partial charge in [0.2, 0.25) is 0 Å². The van der Waals surface area contributed by atoms with E-state index in [2.05, 4.69) is 6.58 Å². The maximum Gasteiger partial charge on any atom is 0.588 e. The molecule has 2 nitrogen and oxygen atoms in total. The van der Waals surface area contributed by atoms with Gasteiger partial charge in [-0.1, -0.05) is 6.58 Å². The Morgan fingerprint density at radius 3 is 2.12 bits per heavy atom. The highest BCUT2D eigenvalue weighted by molar-refractivity contribution is 7.39. The fourth-order valence-corrected chi connectivity index (χ4v) is 0.234. The van der Waals surface area contributed by atoms with Crippen LogP contribution in [0.3, 0.4) is 0 Å². The van der Waals surface area contributed by atoms with Crippen molar-refractivity contribution in [3.05, 3.63) is 12.7 Å². The lowest BCUT2D eigenvalue weighted by Gasteiger charge is -1.88. The Morgan fingerprint density at radius 2 is 2.12 bits per heavy atom. The highest BCUT2D eigenvalue weighted by atomic mass is 31.1. The fourth-order valence-electron chi connectivity index (χ4n) is 0.0781. The summed E-state index contributed by atoms with van der Waals surface area (Å²) in [4.78, 5) is 7.77. The second-order valence-corrected chi connectivity index (χ2v) is 2.21. The number of hydrogen-bond acceptors (Lipinski definition) is 1. The third kappa shape index (κ3) is 1.64. The molecule has 46 valence electrons. The number of allylic oxidation sites excluding steroid dienone is 1. The summed E-state index contributed by atoms with van der Waals surface area (Å²) >= 11 is 0. The molecule has 1 atom stereocenters. The van der Waals surface area contributed by atoms with Crippen molar-refractivity contribution < 1.29 is 18.2 Å². The Morgan fingerprint density at radius 1 is 1.75 bits per heavy atom. The number of alkyl halides is 2. The normalized spacial score (nSPS) is 13.1. The van der Waals surface area contributed by atoms with E-state index in [0.29, 0.717) is 0 Å². The molecule has 0 aromatic carbocycles. The van der Waals surface area contributed by atoms with Crippen molar-refractivity contribution in [2.45, 2.75) is 5.66 Å². The Kier molecular flexibility index (Phi) is 2.19. The van der Waals surface area contributed by atoms with Crippen LogP contribution in [-0.2, 0) is 4.57 Å². The maximum absolute atomic E-state index is 11.6. The van der Waals surface area contributed by atoms with Crippen molar-refractivity contribution in [3.8, 4) is 0 Å². The largest absolute Gasteiger partial charge is 0.588 e. The quantitative estimate of drug-likeness (QED) is 0.467. The van der Waals surface area contributed by atoms with Gasteiger partial charge in [0, 0.05) is 6.08 Å². The molecule has 0 amide bonds. The molecule has 1 unspecified atom stereocenters. The Labute approximate surface area is 45.7 Å². The predicted octanol–water partition coefficient (Wildman–Crippen LogP) is 1.50. The molecule has 0 aliphatic carbocycles. The van der Waals surface area contributed by atoms with Gasteiger partial charge in [0.1, 0.15) is 0 Å². The first-order valence-corrected chi connectivity index (χ1v) is 2.89. The van der Waals surface area contributed by atoms with Gasteiger partial charge in [-0.25, -0.2) is 0 Å². The van der Waals surface area contributed by atoms with Crippen LogP contribution in [0, 0.1) is 0 Å². The van der Waals surface area contributed by atoms with Gasteiger partial charge in [-0.2, -0.15) is 4.89 Å². The van der Waals surface area contributed by atoms with Gasteiger partial charge in [0.05, 0.1) is 0 Å². The first-order valence-electron chi connectivity index (χ1n) is 1.68. The zero-order valence-corrected chi connectivity index (χ0v) is 4.74. The van der Waals surface area contributed by atoms with Gasteiger partial charge in [-0.15, -0.1) is 8.78 Å². The summed E-state index contributed by atoms with van der Waals surface area (Å²) in [6.07, 6.45) is 0.145. The smallest absolute Gasteiger partial charge is 0.156 e. The number of rotatable bonds is 2. The lowest BCUT2D eigenvalue weighted by molar-refractivity contribution is 0.137. The average Bonchev–Trinajstić information content (AvgIpc) is 1.67. The van der Waals surface area contributed by atoms with Crippen LogP contribution in [-0.4, -0.2) is 10.6 Å². The van der Waals surface area contributed by atoms with E-state index in [1.807, 2.05) is 0 Å². The summed E-state index contributed by atoms with van der Waals surface area (Å²) in [7, 11) is -3.45. The van der Waals surface area contributed by atoms with Crippen molar-refractivity contribution in [2.24, 2.45) is 0 Å². The van der Waals surface area contributed by atoms with Crippen LogP contribution in [0.15, 0.2) is 12.7 Å². The number of halogens is 2. The lowest BCUT2D eigenvalue weighted by atomic mass is 10.7. The van der Waals surface area contributed by atoms with Gasteiger partial charge in [0.15, 0.2) is 0 Å². The van der Waals surface area contributed by atoms with Crippen molar-refractivity contribution in [1.82, 2.24) is 0 Å². The standard InChI is InChI=1S/C3H3F2O2P/c1-2-3(4,5)8(6)7/h2H,1H2/p+1. The second-order valence-electron chi connectivity index (χ2n) is 1.06. The third-order valence-electron chi connectivity index (χ3n) is 0.501. The average molecular weight is 141 g/mol. The molecule has 0 saturated heterocycles. The fraction of sp³-hybridized carbons (Fsp3) is 0.333. The van der Waals surface area contributed by atoms with E-state index in [1.165, 1.54) is 0 Å². The molecule has 0 radical (unpaired) electrons. The molecule has 0 saturated carbocycles. The molecular formula is C3H4F2O2P+. The molecule has 0 aliphatic rings. The first-order chi connectivity index (χ1) is 3.50. The highest BCUT2D eigenvalue weighted by Crippen LogP contribution is 2.38. The Hall–Kier alpha value is -0.340. The summed E-state index contributed by atoms with van der Waals surface area (Å²) in [5.41, 5.74) is -3.63. The molecule has 0 bridgehead atoms. The van der Waals surface area contributed by atoms with E-state index in [0.717, 1.165) is 0 Å². The molecule has 1 N–H and O–H groups in total. The second kappa shape index (κ2) is 2.29. The summed E-state index contributed by atoms with van der Waals surface area (Å²) < 4.78 is 32.8. The van der Waals surface area contributed by atoms with Crippen LogP contribution >= 0.6 is 8.03 Å². The molecule has 0 aromatic heterocycles. The van der Waals surface area contributed by atoms with Crippen molar-refractivity contribution in [1.29, 1.82) is 0 Å². The van der Waals surface area contributed by atoms with Gasteiger partial charge in [-0.3, -0.25) is 0 Å². The number of hydrogen-bond donors (Lipinski definition) is 1. The van der Waals surface area contributed by atoms with Crippen LogP contribution < -0.4 is 0 Å². The molecule has 0 rings (SSSR count). The molecule has 0 aliphatic heterocycles. The highest BCUT2D eigenvalue weighted by Gasteiger charge is 2.47. The minimum Gasteiger partial charge on any atom is -0.156 e. The SMILES string of the molecule is C=CC(F)(F)[P+](=O)O. The monoisotopic (exact) mass is 141 g/mol. The minimum atomic E-state index is -3.63. The Balaban J connectivity index is 4.12. The molecule has 0 heterocycles. The van der Waals surface area contributed by atoms with Gasteiger partial charge in [0.25, 0.3) is 0 Å². The van der Waals surface area contributed by atoms with E-state index < -0.39 is 13.7 Å².